The summed E-state index contributed by atoms with van der Waals surface area (Å²) >= 11 is 1.12. The zero-order chi connectivity index (χ0) is 14.9. The van der Waals surface area contributed by atoms with Crippen molar-refractivity contribution < 1.29 is 14.6 Å². The summed E-state index contributed by atoms with van der Waals surface area (Å²) in [6.07, 6.45) is 0. The Kier molecular flexibility index (Phi) is 3.81. The Morgan fingerprint density at radius 3 is 2.55 bits per heavy atom. The molecule has 4 nitrogen and oxygen atoms in total. The molecule has 0 bridgehead atoms. The number of ether oxygens (including phenoxy) is 1. The van der Waals surface area contributed by atoms with Gasteiger partial charge in [0, 0.05) is 10.9 Å². The minimum atomic E-state index is -1.01. The molecular weight excluding hydrogens is 274 g/mol. The summed E-state index contributed by atoms with van der Waals surface area (Å²) in [5.41, 5.74) is 2.62. The maximum atomic E-state index is 10.9. The third-order valence-corrected chi connectivity index (χ3v) is 3.86. The standard InChI is InChI=1S/C15H17NO3S/c1-15(2,3)9-5-6-12(19-4)10(7-9)11-8-20-13(16-11)14(17)18/h5-8H,1-4H3,(H,17,18). The van der Waals surface area contributed by atoms with Crippen molar-refractivity contribution >= 4 is 17.3 Å². The minimum absolute atomic E-state index is 0.00662. The van der Waals surface area contributed by atoms with Crippen LogP contribution in [0.25, 0.3) is 11.3 Å². The van der Waals surface area contributed by atoms with E-state index in [-0.39, 0.29) is 10.4 Å². The fourth-order valence-electron chi connectivity index (χ4n) is 1.87. The molecule has 20 heavy (non-hydrogen) atoms. The number of aromatic nitrogens is 1. The molecule has 0 fully saturated rings. The normalized spacial score (nSPS) is 11.4. The summed E-state index contributed by atoms with van der Waals surface area (Å²) in [4.78, 5) is 15.1. The molecule has 0 amide bonds. The zero-order valence-electron chi connectivity index (χ0n) is 11.9. The second kappa shape index (κ2) is 5.25. The van der Waals surface area contributed by atoms with Crippen LogP contribution in [0.2, 0.25) is 0 Å². The Morgan fingerprint density at radius 1 is 1.35 bits per heavy atom. The molecule has 0 aliphatic heterocycles. The third-order valence-electron chi connectivity index (χ3n) is 3.03. The van der Waals surface area contributed by atoms with Gasteiger partial charge in [-0.25, -0.2) is 9.78 Å². The lowest BCUT2D eigenvalue weighted by atomic mass is 9.86. The molecule has 0 spiro atoms. The van der Waals surface area contributed by atoms with Gasteiger partial charge in [0.25, 0.3) is 0 Å². The number of nitrogens with zero attached hydrogens (tertiary/aromatic N) is 1. The van der Waals surface area contributed by atoms with Gasteiger partial charge in [-0.3, -0.25) is 0 Å². The van der Waals surface area contributed by atoms with Gasteiger partial charge in [0.05, 0.1) is 12.8 Å². The highest BCUT2D eigenvalue weighted by atomic mass is 32.1. The second-order valence-electron chi connectivity index (χ2n) is 5.51. The van der Waals surface area contributed by atoms with Gasteiger partial charge >= 0.3 is 5.97 Å². The van der Waals surface area contributed by atoms with Crippen LogP contribution in [0.4, 0.5) is 0 Å². The van der Waals surface area contributed by atoms with Crippen LogP contribution in [0.3, 0.4) is 0 Å². The van der Waals surface area contributed by atoms with Crippen LogP contribution in [0, 0.1) is 0 Å². The van der Waals surface area contributed by atoms with E-state index in [4.69, 9.17) is 9.84 Å². The van der Waals surface area contributed by atoms with Gasteiger partial charge in [-0.2, -0.15) is 0 Å². The lowest BCUT2D eigenvalue weighted by Crippen LogP contribution is -2.11. The van der Waals surface area contributed by atoms with E-state index in [9.17, 15) is 4.79 Å². The first-order valence-corrected chi connectivity index (χ1v) is 7.08. The van der Waals surface area contributed by atoms with E-state index in [1.807, 2.05) is 18.2 Å². The Morgan fingerprint density at radius 2 is 2.05 bits per heavy atom. The number of carbonyl (C=O) groups is 1. The molecule has 2 aromatic rings. The number of hydrogen-bond acceptors (Lipinski definition) is 4. The number of thiazole rings is 1. The average molecular weight is 291 g/mol. The van der Waals surface area contributed by atoms with E-state index in [2.05, 4.69) is 25.8 Å². The predicted molar refractivity (Wildman–Crippen MR) is 79.8 cm³/mol. The molecule has 0 aliphatic rings. The summed E-state index contributed by atoms with van der Waals surface area (Å²) in [7, 11) is 1.60. The Labute approximate surface area is 122 Å². The largest absolute Gasteiger partial charge is 0.496 e. The Hall–Kier alpha value is -1.88. The average Bonchev–Trinajstić information content (AvgIpc) is 2.86. The summed E-state index contributed by atoms with van der Waals surface area (Å²) in [6.45, 7) is 6.38. The maximum Gasteiger partial charge on any atom is 0.365 e. The van der Waals surface area contributed by atoms with Crippen LogP contribution in [-0.4, -0.2) is 23.2 Å². The fourth-order valence-corrected chi connectivity index (χ4v) is 2.53. The maximum absolute atomic E-state index is 10.9. The molecule has 1 N–H and O–H groups in total. The molecule has 0 saturated carbocycles. The molecule has 5 heteroatoms. The first-order valence-electron chi connectivity index (χ1n) is 6.20. The number of hydrogen-bond donors (Lipinski definition) is 1. The van der Waals surface area contributed by atoms with Crippen LogP contribution in [-0.2, 0) is 5.41 Å². The number of carboxylic acids is 1. The lowest BCUT2D eigenvalue weighted by molar-refractivity contribution is 0.0696. The topological polar surface area (TPSA) is 59.4 Å². The van der Waals surface area contributed by atoms with Crippen molar-refractivity contribution in [3.63, 3.8) is 0 Å². The third kappa shape index (κ3) is 2.82. The molecule has 0 unspecified atom stereocenters. The van der Waals surface area contributed by atoms with Crippen LogP contribution in [0.5, 0.6) is 5.75 Å². The molecule has 0 saturated heterocycles. The number of rotatable bonds is 3. The monoisotopic (exact) mass is 291 g/mol. The highest BCUT2D eigenvalue weighted by molar-refractivity contribution is 7.11. The smallest absolute Gasteiger partial charge is 0.365 e. The molecule has 1 heterocycles. The van der Waals surface area contributed by atoms with Crippen molar-refractivity contribution in [1.82, 2.24) is 4.98 Å². The van der Waals surface area contributed by atoms with Gasteiger partial charge in [-0.1, -0.05) is 26.8 Å². The molecule has 1 aromatic carbocycles. The first-order chi connectivity index (χ1) is 9.32. The highest BCUT2D eigenvalue weighted by Gasteiger charge is 2.18. The fraction of sp³-hybridized carbons (Fsp3) is 0.333. The number of methoxy groups -OCH3 is 1. The van der Waals surface area contributed by atoms with E-state index >= 15 is 0 Å². The van der Waals surface area contributed by atoms with Crippen molar-refractivity contribution in [3.05, 3.63) is 34.2 Å². The summed E-state index contributed by atoms with van der Waals surface area (Å²) in [5, 5.41) is 10.8. The molecule has 0 radical (unpaired) electrons. The summed E-state index contributed by atoms with van der Waals surface area (Å²) < 4.78 is 5.35. The van der Waals surface area contributed by atoms with E-state index < -0.39 is 5.97 Å². The minimum Gasteiger partial charge on any atom is -0.496 e. The number of carboxylic acid groups (broad SMARTS) is 1. The van der Waals surface area contributed by atoms with E-state index in [1.54, 1.807) is 12.5 Å². The van der Waals surface area contributed by atoms with Gasteiger partial charge < -0.3 is 9.84 Å². The van der Waals surface area contributed by atoms with Gasteiger partial charge in [-0.15, -0.1) is 11.3 Å². The SMILES string of the molecule is COc1ccc(C(C)(C)C)cc1-c1csc(C(=O)O)n1. The van der Waals surface area contributed by atoms with Crippen LogP contribution in [0.15, 0.2) is 23.6 Å². The molecule has 0 aliphatic carbocycles. The van der Waals surface area contributed by atoms with Crippen molar-refractivity contribution in [2.75, 3.05) is 7.11 Å². The lowest BCUT2D eigenvalue weighted by Gasteiger charge is -2.20. The zero-order valence-corrected chi connectivity index (χ0v) is 12.7. The summed E-state index contributed by atoms with van der Waals surface area (Å²) in [5.74, 6) is -0.313. The predicted octanol–water partition coefficient (Wildman–Crippen LogP) is 3.81. The van der Waals surface area contributed by atoms with Crippen LogP contribution < -0.4 is 4.74 Å². The van der Waals surface area contributed by atoms with Crippen molar-refractivity contribution in [2.24, 2.45) is 0 Å². The van der Waals surface area contributed by atoms with Crippen molar-refractivity contribution in [3.8, 4) is 17.0 Å². The number of benzene rings is 1. The van der Waals surface area contributed by atoms with E-state index in [0.29, 0.717) is 11.4 Å². The molecule has 106 valence electrons. The van der Waals surface area contributed by atoms with Gasteiger partial charge in [0.15, 0.2) is 0 Å². The van der Waals surface area contributed by atoms with Crippen molar-refractivity contribution in [2.45, 2.75) is 26.2 Å². The number of aromatic carboxylic acids is 1. The van der Waals surface area contributed by atoms with Gasteiger partial charge in [-0.05, 0) is 23.1 Å². The molecule has 1 aromatic heterocycles. The Bertz CT molecular complexity index is 641. The molecular formula is C15H17NO3S. The second-order valence-corrected chi connectivity index (χ2v) is 6.37. The quantitative estimate of drug-likeness (QED) is 0.934. The van der Waals surface area contributed by atoms with Gasteiger partial charge in [0.1, 0.15) is 5.75 Å². The van der Waals surface area contributed by atoms with Crippen LogP contribution in [0.1, 0.15) is 36.1 Å². The molecule has 0 atom stereocenters. The first kappa shape index (κ1) is 14.5. The highest BCUT2D eigenvalue weighted by Crippen LogP contribution is 2.35. The van der Waals surface area contributed by atoms with Crippen LogP contribution >= 0.6 is 11.3 Å². The van der Waals surface area contributed by atoms with E-state index in [0.717, 1.165) is 22.5 Å². The van der Waals surface area contributed by atoms with E-state index in [1.165, 1.54) is 0 Å². The Balaban J connectivity index is 2.55. The van der Waals surface area contributed by atoms with Crippen molar-refractivity contribution in [1.29, 1.82) is 0 Å². The molecule has 2 rings (SSSR count). The van der Waals surface area contributed by atoms with Gasteiger partial charge in [0.2, 0.25) is 5.01 Å². The summed E-state index contributed by atoms with van der Waals surface area (Å²) in [6, 6.07) is 5.93.